The summed E-state index contributed by atoms with van der Waals surface area (Å²) >= 11 is 0. The highest BCUT2D eigenvalue weighted by Gasteiger charge is 2.17. The smallest absolute Gasteiger partial charge is 0.234 e. The summed E-state index contributed by atoms with van der Waals surface area (Å²) in [6.07, 6.45) is 16.3. The summed E-state index contributed by atoms with van der Waals surface area (Å²) in [6.45, 7) is 7.24. The Morgan fingerprint density at radius 2 is 1.23 bits per heavy atom. The summed E-state index contributed by atoms with van der Waals surface area (Å²) in [5.41, 5.74) is 5.38. The van der Waals surface area contributed by atoms with Crippen molar-refractivity contribution in [2.75, 3.05) is 6.54 Å². The quantitative estimate of drug-likeness (QED) is 0.403. The third-order valence-corrected chi connectivity index (χ3v) is 4.37. The maximum absolute atomic E-state index is 11.3. The van der Waals surface area contributed by atoms with Crippen LogP contribution in [0, 0.1) is 5.92 Å². The Hall–Kier alpha value is -0.570. The van der Waals surface area contributed by atoms with Gasteiger partial charge in [-0.1, -0.05) is 91.4 Å². The summed E-state index contributed by atoms with van der Waals surface area (Å²) < 4.78 is 0. The lowest BCUT2D eigenvalue weighted by molar-refractivity contribution is -0.121. The molecule has 132 valence electrons. The number of carbonyl (C=O) groups is 1. The maximum Gasteiger partial charge on any atom is 0.234 e. The molecule has 1 amide bonds. The molecule has 0 spiro atoms. The molecule has 0 rings (SSSR count). The first kappa shape index (κ1) is 21.4. The molecule has 3 nitrogen and oxygen atoms in total. The van der Waals surface area contributed by atoms with Crippen LogP contribution in [0.15, 0.2) is 0 Å². The average molecular weight is 313 g/mol. The predicted molar refractivity (Wildman–Crippen MR) is 96.9 cm³/mol. The van der Waals surface area contributed by atoms with Crippen molar-refractivity contribution < 1.29 is 4.79 Å². The van der Waals surface area contributed by atoms with E-state index >= 15 is 0 Å². The fourth-order valence-electron chi connectivity index (χ4n) is 2.89. The largest absolute Gasteiger partial charge is 0.368 e. The fraction of sp³-hybridized carbons (Fsp3) is 0.947. The Morgan fingerprint density at radius 1 is 0.818 bits per heavy atom. The molecule has 0 heterocycles. The number of primary amides is 1. The van der Waals surface area contributed by atoms with E-state index < -0.39 is 0 Å². The molecule has 0 saturated carbocycles. The van der Waals surface area contributed by atoms with Crippen LogP contribution in [0.25, 0.3) is 0 Å². The molecule has 0 saturated heterocycles. The van der Waals surface area contributed by atoms with Gasteiger partial charge in [0.2, 0.25) is 5.91 Å². The van der Waals surface area contributed by atoms with Crippen LogP contribution in [0.5, 0.6) is 0 Å². The minimum Gasteiger partial charge on any atom is -0.368 e. The number of nitrogens with two attached hydrogens (primary N) is 1. The number of rotatable bonds is 16. The summed E-state index contributed by atoms with van der Waals surface area (Å²) in [6, 6.07) is -0.173. The van der Waals surface area contributed by atoms with Gasteiger partial charge in [0, 0.05) is 0 Å². The molecule has 3 N–H and O–H groups in total. The highest BCUT2D eigenvalue weighted by molar-refractivity contribution is 5.80. The Bertz CT molecular complexity index is 254. The van der Waals surface area contributed by atoms with Crippen molar-refractivity contribution in [3.63, 3.8) is 0 Å². The van der Waals surface area contributed by atoms with E-state index in [2.05, 4.69) is 12.2 Å². The number of hydrogen-bond donors (Lipinski definition) is 2. The van der Waals surface area contributed by atoms with Crippen molar-refractivity contribution in [1.29, 1.82) is 0 Å². The standard InChI is InChI=1S/C19H40N2O/c1-4-5-6-7-8-9-10-11-12-13-14-15-16-21-18(17(2)3)19(20)22/h17-18,21H,4-16H2,1-3H3,(H2,20,22)/t18-/m0/s1. The zero-order valence-electron chi connectivity index (χ0n) is 15.3. The van der Waals surface area contributed by atoms with Crippen LogP contribution in [-0.2, 0) is 4.79 Å². The van der Waals surface area contributed by atoms with Gasteiger partial charge in [-0.3, -0.25) is 4.79 Å². The van der Waals surface area contributed by atoms with Gasteiger partial charge < -0.3 is 11.1 Å². The van der Waals surface area contributed by atoms with Crippen molar-refractivity contribution in [2.45, 2.75) is 104 Å². The fourth-order valence-corrected chi connectivity index (χ4v) is 2.89. The van der Waals surface area contributed by atoms with E-state index in [1.165, 1.54) is 70.6 Å². The van der Waals surface area contributed by atoms with E-state index in [9.17, 15) is 4.79 Å². The van der Waals surface area contributed by atoms with Gasteiger partial charge in [-0.05, 0) is 18.9 Å². The number of carbonyl (C=O) groups excluding carboxylic acids is 1. The molecule has 0 unspecified atom stereocenters. The van der Waals surface area contributed by atoms with Crippen LogP contribution in [-0.4, -0.2) is 18.5 Å². The van der Waals surface area contributed by atoms with E-state index in [0.717, 1.165) is 13.0 Å². The first-order valence-corrected chi connectivity index (χ1v) is 9.62. The van der Waals surface area contributed by atoms with Crippen molar-refractivity contribution >= 4 is 5.91 Å². The van der Waals surface area contributed by atoms with Gasteiger partial charge in [-0.2, -0.15) is 0 Å². The number of amides is 1. The molecule has 0 aliphatic carbocycles. The highest BCUT2D eigenvalue weighted by atomic mass is 16.1. The third-order valence-electron chi connectivity index (χ3n) is 4.37. The van der Waals surface area contributed by atoms with Crippen molar-refractivity contribution in [1.82, 2.24) is 5.32 Å². The second kappa shape index (κ2) is 15.3. The normalized spacial score (nSPS) is 12.7. The van der Waals surface area contributed by atoms with Crippen molar-refractivity contribution in [3.05, 3.63) is 0 Å². The lowest BCUT2D eigenvalue weighted by atomic mass is 10.0. The van der Waals surface area contributed by atoms with Crippen molar-refractivity contribution in [3.8, 4) is 0 Å². The molecule has 0 aliphatic rings. The molecular formula is C19H40N2O. The molecular weight excluding hydrogens is 272 g/mol. The SMILES string of the molecule is CCCCCCCCCCCCCCN[C@H](C(N)=O)C(C)C. The molecule has 1 atom stereocenters. The summed E-state index contributed by atoms with van der Waals surface area (Å²) in [5, 5.41) is 3.28. The topological polar surface area (TPSA) is 55.1 Å². The van der Waals surface area contributed by atoms with E-state index in [0.29, 0.717) is 0 Å². The van der Waals surface area contributed by atoms with Gasteiger partial charge in [0.25, 0.3) is 0 Å². The minimum absolute atomic E-state index is 0.173. The molecule has 0 radical (unpaired) electrons. The Morgan fingerprint density at radius 3 is 1.59 bits per heavy atom. The van der Waals surface area contributed by atoms with Gasteiger partial charge in [-0.25, -0.2) is 0 Å². The Kier molecular flexibility index (Phi) is 14.9. The number of hydrogen-bond acceptors (Lipinski definition) is 2. The Balaban J connectivity index is 3.25. The molecule has 0 bridgehead atoms. The van der Waals surface area contributed by atoms with Crippen LogP contribution in [0.2, 0.25) is 0 Å². The first-order valence-electron chi connectivity index (χ1n) is 9.62. The molecule has 22 heavy (non-hydrogen) atoms. The molecule has 3 heteroatoms. The average Bonchev–Trinajstić information content (AvgIpc) is 2.46. The van der Waals surface area contributed by atoms with E-state index in [1.807, 2.05) is 13.8 Å². The second-order valence-corrected chi connectivity index (χ2v) is 6.97. The number of nitrogens with one attached hydrogen (secondary N) is 1. The van der Waals surface area contributed by atoms with Gasteiger partial charge in [0.1, 0.15) is 0 Å². The third kappa shape index (κ3) is 13.1. The van der Waals surface area contributed by atoms with Crippen LogP contribution >= 0.6 is 0 Å². The lowest BCUT2D eigenvalue weighted by Crippen LogP contribution is -2.45. The van der Waals surface area contributed by atoms with E-state index in [1.54, 1.807) is 0 Å². The second-order valence-electron chi connectivity index (χ2n) is 6.97. The molecule has 0 aliphatic heterocycles. The highest BCUT2D eigenvalue weighted by Crippen LogP contribution is 2.11. The summed E-state index contributed by atoms with van der Waals surface area (Å²) in [5.74, 6) is 0.0452. The van der Waals surface area contributed by atoms with Gasteiger partial charge >= 0.3 is 0 Å². The maximum atomic E-state index is 11.3. The molecule has 0 aromatic carbocycles. The van der Waals surface area contributed by atoms with Crippen LogP contribution in [0.4, 0.5) is 0 Å². The monoisotopic (exact) mass is 312 g/mol. The summed E-state index contributed by atoms with van der Waals surface area (Å²) in [4.78, 5) is 11.3. The van der Waals surface area contributed by atoms with Crippen LogP contribution < -0.4 is 11.1 Å². The van der Waals surface area contributed by atoms with Crippen LogP contribution in [0.1, 0.15) is 97.8 Å². The minimum atomic E-state index is -0.228. The lowest BCUT2D eigenvalue weighted by Gasteiger charge is -2.18. The molecule has 0 fully saturated rings. The molecule has 0 aromatic heterocycles. The van der Waals surface area contributed by atoms with E-state index in [-0.39, 0.29) is 17.9 Å². The zero-order chi connectivity index (χ0) is 16.6. The molecule has 0 aromatic rings. The van der Waals surface area contributed by atoms with E-state index in [4.69, 9.17) is 5.73 Å². The predicted octanol–water partition coefficient (Wildman–Crippen LogP) is 4.79. The van der Waals surface area contributed by atoms with Crippen molar-refractivity contribution in [2.24, 2.45) is 11.7 Å². The first-order chi connectivity index (χ1) is 10.6. The number of unbranched alkanes of at least 4 members (excludes halogenated alkanes) is 11. The zero-order valence-corrected chi connectivity index (χ0v) is 15.3. The summed E-state index contributed by atoms with van der Waals surface area (Å²) in [7, 11) is 0. The Labute approximate surface area is 138 Å². The van der Waals surface area contributed by atoms with Crippen LogP contribution in [0.3, 0.4) is 0 Å². The van der Waals surface area contributed by atoms with Gasteiger partial charge in [0.15, 0.2) is 0 Å². The van der Waals surface area contributed by atoms with Gasteiger partial charge in [-0.15, -0.1) is 0 Å². The van der Waals surface area contributed by atoms with Gasteiger partial charge in [0.05, 0.1) is 6.04 Å².